The number of halogens is 3. The molecule has 1 aliphatic heterocycles. The summed E-state index contributed by atoms with van der Waals surface area (Å²) in [7, 11) is 0. The van der Waals surface area contributed by atoms with Crippen LogP contribution in [-0.2, 0) is 12.7 Å². The minimum absolute atomic E-state index is 0.0919. The lowest BCUT2D eigenvalue weighted by Gasteiger charge is -2.36. The van der Waals surface area contributed by atoms with Crippen LogP contribution in [0.4, 0.5) is 8.78 Å². The third kappa shape index (κ3) is 5.07. The smallest absolute Gasteiger partial charge is 0.253 e. The van der Waals surface area contributed by atoms with E-state index in [1.54, 1.807) is 0 Å². The lowest BCUT2D eigenvalue weighted by atomic mass is 9.87. The van der Waals surface area contributed by atoms with Crippen molar-refractivity contribution < 1.29 is 21.8 Å². The van der Waals surface area contributed by atoms with Crippen molar-refractivity contribution in [3.05, 3.63) is 64.2 Å². The fourth-order valence-corrected chi connectivity index (χ4v) is 3.17. The number of aromatic nitrogens is 1. The first-order valence-electron chi connectivity index (χ1n) is 12.0. The molecule has 1 aromatic heterocycles. The van der Waals surface area contributed by atoms with Gasteiger partial charge in [0.25, 0.3) is 5.91 Å². The second kappa shape index (κ2) is 8.99. The van der Waals surface area contributed by atoms with Crippen LogP contribution in [0.25, 0.3) is 0 Å². The van der Waals surface area contributed by atoms with Gasteiger partial charge in [-0.3, -0.25) is 9.78 Å². The molecule has 2 heterocycles. The van der Waals surface area contributed by atoms with Crippen LogP contribution in [0.1, 0.15) is 62.4 Å². The van der Waals surface area contributed by atoms with Crippen LogP contribution in [0.5, 0.6) is 0 Å². The minimum Gasteiger partial charge on any atom is -0.338 e. The molecule has 0 N–H and O–H groups in total. The highest BCUT2D eigenvalue weighted by Gasteiger charge is 2.35. The summed E-state index contributed by atoms with van der Waals surface area (Å²) < 4.78 is 77.8. The summed E-state index contributed by atoms with van der Waals surface area (Å²) in [6, 6.07) is 6.19. The second-order valence-electron chi connectivity index (χ2n) is 6.60. The number of hydrogen-bond acceptors (Lipinski definition) is 2. The monoisotopic (exact) mass is 412 g/mol. The van der Waals surface area contributed by atoms with Crippen LogP contribution in [0, 0.1) is 5.82 Å². The van der Waals surface area contributed by atoms with Gasteiger partial charge in [0.15, 0.2) is 0 Å². The summed E-state index contributed by atoms with van der Waals surface area (Å²) in [4.78, 5) is 18.0. The predicted molar refractivity (Wildman–Crippen MR) is 107 cm³/mol. The average Bonchev–Trinajstić information content (AvgIpc) is 2.74. The molecule has 0 unspecified atom stereocenters. The number of likely N-dealkylation sites (tertiary alicyclic amines) is 1. The van der Waals surface area contributed by atoms with Gasteiger partial charge in [-0.2, -0.15) is 0 Å². The van der Waals surface area contributed by atoms with E-state index in [0.29, 0.717) is 0 Å². The maximum absolute atomic E-state index is 15.8. The molecule has 1 aromatic carbocycles. The number of amides is 1. The summed E-state index contributed by atoms with van der Waals surface area (Å²) in [6.07, 6.45) is -6.81. The molecule has 3 rings (SSSR count). The van der Waals surface area contributed by atoms with Crippen LogP contribution in [0.15, 0.2) is 36.5 Å². The van der Waals surface area contributed by atoms with Gasteiger partial charge in [0, 0.05) is 38.8 Å². The van der Waals surface area contributed by atoms with Gasteiger partial charge in [-0.15, -0.1) is 0 Å². The molecule has 28 heavy (non-hydrogen) atoms. The van der Waals surface area contributed by atoms with Crippen molar-refractivity contribution in [3.8, 4) is 0 Å². The molecule has 1 fully saturated rings. The highest BCUT2D eigenvalue weighted by molar-refractivity contribution is 6.31. The summed E-state index contributed by atoms with van der Waals surface area (Å²) in [5, 5.41) is -0.210. The van der Waals surface area contributed by atoms with Crippen molar-refractivity contribution >= 4 is 17.5 Å². The van der Waals surface area contributed by atoms with Gasteiger partial charge < -0.3 is 4.90 Å². The molecule has 1 saturated heterocycles. The first-order valence-corrected chi connectivity index (χ1v) is 9.34. The standard InChI is InChI=1S/C22H25ClF2N2O/c1-2-16-5-7-18(26-15-16)4-3-9-22(25)10-12-27(13-11-22)21(28)17-6-8-20(24)19(23)14-17/h5-8,14-15H,2-4,9-13H2,1H3/i2D2,4D2,9D2. The molecule has 0 radical (unpaired) electrons. The highest BCUT2D eigenvalue weighted by Crippen LogP contribution is 2.32. The van der Waals surface area contributed by atoms with Gasteiger partial charge in [0.1, 0.15) is 11.5 Å². The summed E-state index contributed by atoms with van der Waals surface area (Å²) in [5.41, 5.74) is -2.10. The predicted octanol–water partition coefficient (Wildman–Crippen LogP) is 5.40. The van der Waals surface area contributed by atoms with E-state index >= 15 is 4.39 Å². The van der Waals surface area contributed by atoms with E-state index in [4.69, 9.17) is 19.8 Å². The second-order valence-corrected chi connectivity index (χ2v) is 7.01. The van der Waals surface area contributed by atoms with Crippen LogP contribution < -0.4 is 0 Å². The van der Waals surface area contributed by atoms with Crippen molar-refractivity contribution in [1.29, 1.82) is 0 Å². The molecule has 0 atom stereocenters. The SMILES string of the molecule is [2H]C([2H])(C)c1ccc(C([2H])([2H])CC([2H])([2H])C2(F)CCN(C(=O)c3ccc(F)c(Cl)c3)CC2)nc1. The molecule has 0 aliphatic carbocycles. The molecule has 2 aromatic rings. The molecule has 150 valence electrons. The number of carbonyl (C=O) groups is 1. The maximum Gasteiger partial charge on any atom is 0.253 e. The number of hydrogen-bond donors (Lipinski definition) is 0. The van der Waals surface area contributed by atoms with E-state index in [9.17, 15) is 9.18 Å². The molecular formula is C22H25ClF2N2O. The number of nitrogens with zero attached hydrogens (tertiary/aromatic N) is 2. The van der Waals surface area contributed by atoms with Crippen molar-refractivity contribution in [1.82, 2.24) is 9.88 Å². The van der Waals surface area contributed by atoms with Crippen molar-refractivity contribution in [2.24, 2.45) is 0 Å². The topological polar surface area (TPSA) is 33.2 Å². The maximum atomic E-state index is 15.8. The first-order chi connectivity index (χ1) is 15.6. The Morgan fingerprint density at radius 2 is 2.07 bits per heavy atom. The number of pyridine rings is 1. The zero-order chi connectivity index (χ0) is 25.5. The molecular weight excluding hydrogens is 382 g/mol. The summed E-state index contributed by atoms with van der Waals surface area (Å²) in [6.45, 7) is 1.16. The van der Waals surface area contributed by atoms with E-state index < -0.39 is 42.9 Å². The molecule has 0 saturated carbocycles. The lowest BCUT2D eigenvalue weighted by Crippen LogP contribution is -2.44. The van der Waals surface area contributed by atoms with Gasteiger partial charge in [-0.1, -0.05) is 24.6 Å². The number of rotatable bonds is 6. The van der Waals surface area contributed by atoms with Crippen molar-refractivity contribution in [2.75, 3.05) is 13.1 Å². The average molecular weight is 413 g/mol. The third-order valence-corrected chi connectivity index (χ3v) is 5.03. The Labute approximate surface area is 178 Å². The van der Waals surface area contributed by atoms with E-state index in [2.05, 4.69) is 4.98 Å². The van der Waals surface area contributed by atoms with Gasteiger partial charge >= 0.3 is 0 Å². The third-order valence-electron chi connectivity index (χ3n) is 4.74. The van der Waals surface area contributed by atoms with E-state index in [-0.39, 0.29) is 47.8 Å². The highest BCUT2D eigenvalue weighted by atomic mass is 35.5. The number of alkyl halides is 1. The van der Waals surface area contributed by atoms with Gasteiger partial charge in [-0.25, -0.2) is 8.78 Å². The fourth-order valence-electron chi connectivity index (χ4n) is 2.99. The Morgan fingerprint density at radius 1 is 1.32 bits per heavy atom. The summed E-state index contributed by atoms with van der Waals surface area (Å²) in [5.74, 6) is -1.14. The minimum atomic E-state index is -2.56. The Morgan fingerprint density at radius 3 is 2.68 bits per heavy atom. The molecule has 0 spiro atoms. The largest absolute Gasteiger partial charge is 0.338 e. The zero-order valence-corrected chi connectivity index (χ0v) is 16.2. The van der Waals surface area contributed by atoms with Crippen LogP contribution >= 0.6 is 11.6 Å². The van der Waals surface area contributed by atoms with Gasteiger partial charge in [0.2, 0.25) is 0 Å². The molecule has 3 nitrogen and oxygen atoms in total. The van der Waals surface area contributed by atoms with Crippen LogP contribution in [0.2, 0.25) is 5.02 Å². The van der Waals surface area contributed by atoms with Crippen LogP contribution in [-0.4, -0.2) is 34.5 Å². The molecule has 1 aliphatic rings. The molecule has 0 bridgehead atoms. The Bertz CT molecular complexity index is 1050. The van der Waals surface area contributed by atoms with Crippen molar-refractivity contribution in [2.45, 2.75) is 51.0 Å². The molecule has 1 amide bonds. The Hall–Kier alpha value is -2.01. The van der Waals surface area contributed by atoms with E-state index in [1.807, 2.05) is 0 Å². The Kier molecular flexibility index (Phi) is 4.51. The molecule has 6 heteroatoms. The number of aryl methyl sites for hydroxylation is 2. The normalized spacial score (nSPS) is 20.9. The van der Waals surface area contributed by atoms with Gasteiger partial charge in [0.05, 0.1) is 5.02 Å². The fraction of sp³-hybridized carbons (Fsp3) is 0.455. The number of piperidine rings is 1. The zero-order valence-electron chi connectivity index (χ0n) is 21.4. The van der Waals surface area contributed by atoms with E-state index in [0.717, 1.165) is 6.07 Å². The number of benzene rings is 1. The quantitative estimate of drug-likeness (QED) is 0.636. The lowest BCUT2D eigenvalue weighted by molar-refractivity contribution is 0.0389. The Balaban J connectivity index is 1.70. The van der Waals surface area contributed by atoms with Crippen molar-refractivity contribution in [3.63, 3.8) is 0 Å². The summed E-state index contributed by atoms with van der Waals surface area (Å²) >= 11 is 5.73. The number of carbonyl (C=O) groups excluding carboxylic acids is 1. The van der Waals surface area contributed by atoms with Gasteiger partial charge in [-0.05, 0) is 68.2 Å². The van der Waals surface area contributed by atoms with Crippen LogP contribution in [0.3, 0.4) is 0 Å². The van der Waals surface area contributed by atoms with E-state index in [1.165, 1.54) is 42.3 Å². The first kappa shape index (κ1) is 14.0.